The van der Waals surface area contributed by atoms with Crippen LogP contribution in [0.25, 0.3) is 11.1 Å². The molecule has 0 heterocycles. The number of benzene rings is 2. The van der Waals surface area contributed by atoms with E-state index in [1.54, 1.807) is 63.1 Å². The van der Waals surface area contributed by atoms with Gasteiger partial charge < -0.3 is 9.47 Å². The van der Waals surface area contributed by atoms with Crippen molar-refractivity contribution in [3.63, 3.8) is 0 Å². The van der Waals surface area contributed by atoms with Gasteiger partial charge in [-0.1, -0.05) is 41.8 Å². The largest absolute Gasteiger partial charge is 0.488 e. The van der Waals surface area contributed by atoms with E-state index >= 15 is 0 Å². The zero-order valence-electron chi connectivity index (χ0n) is 17.0. The van der Waals surface area contributed by atoms with Crippen molar-refractivity contribution in [1.82, 2.24) is 0 Å². The molecule has 0 aromatic heterocycles. The number of ketones is 1. The molecule has 0 fully saturated rings. The smallest absolute Gasteiger partial charge is 0.342 e. The second kappa shape index (κ2) is 10.4. The third-order valence-corrected chi connectivity index (χ3v) is 3.93. The van der Waals surface area contributed by atoms with Crippen molar-refractivity contribution < 1.29 is 32.2 Å². The number of carbonyl (C=O) groups excluding carboxylic acids is 2. The molecule has 0 N–H and O–H groups in total. The highest BCUT2D eigenvalue weighted by Gasteiger charge is 2.24. The summed E-state index contributed by atoms with van der Waals surface area (Å²) >= 11 is 6.06. The predicted molar refractivity (Wildman–Crippen MR) is 111 cm³/mol. The van der Waals surface area contributed by atoms with Crippen LogP contribution in [0.4, 0.5) is 13.2 Å². The fourth-order valence-corrected chi connectivity index (χ4v) is 2.66. The van der Waals surface area contributed by atoms with Gasteiger partial charge in [0, 0.05) is 10.6 Å². The van der Waals surface area contributed by atoms with Crippen LogP contribution in [0, 0.1) is 11.8 Å². The van der Waals surface area contributed by atoms with Gasteiger partial charge in [0.15, 0.2) is 6.17 Å². The second-order valence-corrected chi connectivity index (χ2v) is 7.84. The number of esters is 1. The average molecular weight is 453 g/mol. The Morgan fingerprint density at radius 1 is 1.10 bits per heavy atom. The Labute approximate surface area is 183 Å². The summed E-state index contributed by atoms with van der Waals surface area (Å²) in [5.74, 6) is 0.958. The van der Waals surface area contributed by atoms with E-state index in [2.05, 4.69) is 0 Å². The van der Waals surface area contributed by atoms with Crippen LogP contribution in [0.3, 0.4) is 0 Å². The first-order chi connectivity index (χ1) is 14.5. The number of ether oxygens (including phenoxy) is 2. The molecule has 8 heteroatoms. The summed E-state index contributed by atoms with van der Waals surface area (Å²) in [4.78, 5) is 23.6. The maximum atomic E-state index is 14.1. The summed E-state index contributed by atoms with van der Waals surface area (Å²) in [7, 11) is 0. The first kappa shape index (κ1) is 24.3. The number of rotatable bonds is 6. The van der Waals surface area contributed by atoms with E-state index in [-0.39, 0.29) is 11.3 Å². The van der Waals surface area contributed by atoms with Crippen molar-refractivity contribution in [2.45, 2.75) is 39.0 Å². The van der Waals surface area contributed by atoms with Crippen molar-refractivity contribution in [3.05, 3.63) is 53.1 Å². The molecule has 0 radical (unpaired) electrons. The van der Waals surface area contributed by atoms with Gasteiger partial charge in [-0.15, -0.1) is 0 Å². The number of alkyl halides is 3. The second-order valence-electron chi connectivity index (χ2n) is 7.41. The van der Waals surface area contributed by atoms with Crippen LogP contribution in [-0.2, 0) is 9.53 Å². The predicted octanol–water partition coefficient (Wildman–Crippen LogP) is 5.52. The molecular weight excluding hydrogens is 433 g/mol. The van der Waals surface area contributed by atoms with Crippen LogP contribution >= 0.6 is 11.6 Å². The molecule has 2 rings (SSSR count). The highest BCUT2D eigenvalue weighted by Crippen LogP contribution is 2.35. The molecule has 2 aromatic rings. The highest BCUT2D eigenvalue weighted by atomic mass is 35.5. The molecule has 4 nitrogen and oxygen atoms in total. The zero-order valence-corrected chi connectivity index (χ0v) is 17.8. The number of carbonyl (C=O) groups is 2. The van der Waals surface area contributed by atoms with Crippen molar-refractivity contribution in [2.24, 2.45) is 0 Å². The number of para-hydroxylation sites is 1. The van der Waals surface area contributed by atoms with E-state index in [4.69, 9.17) is 21.1 Å². The molecule has 164 valence electrons. The minimum Gasteiger partial charge on any atom is -0.488 e. The Balaban J connectivity index is 2.41. The molecule has 0 spiro atoms. The molecule has 0 bridgehead atoms. The summed E-state index contributed by atoms with van der Waals surface area (Å²) in [6.07, 6.45) is -5.34. The molecule has 0 aliphatic carbocycles. The normalized spacial score (nSPS) is 12.0. The summed E-state index contributed by atoms with van der Waals surface area (Å²) in [5.41, 5.74) is 0.289. The summed E-state index contributed by atoms with van der Waals surface area (Å²) in [5, 5.41) is 0.436. The third kappa shape index (κ3) is 7.34. The van der Waals surface area contributed by atoms with Crippen LogP contribution in [0.1, 0.15) is 31.1 Å². The molecule has 0 aliphatic heterocycles. The van der Waals surface area contributed by atoms with Gasteiger partial charge in [-0.2, -0.15) is 0 Å². The molecule has 2 aromatic carbocycles. The van der Waals surface area contributed by atoms with Crippen molar-refractivity contribution in [2.75, 3.05) is 6.61 Å². The van der Waals surface area contributed by atoms with E-state index in [0.29, 0.717) is 16.1 Å². The number of halogens is 4. The standard InChI is InChI=1S/C23H20ClF3O4/c1-23(2,3)31-22(29)18-9-5-8-17(14-6-4-7-15(24)12-14)20(18)30-13-16(25)10-11-19(28)21(26)27/h4-9,12,16,21H,13H2,1-3H3. The first-order valence-electron chi connectivity index (χ1n) is 9.20. The number of Topliss-reactive ketones (excluding diaryl/α,β-unsaturated/α-hetero) is 1. The fourth-order valence-electron chi connectivity index (χ4n) is 2.47. The van der Waals surface area contributed by atoms with Crippen LogP contribution in [0.15, 0.2) is 42.5 Å². The van der Waals surface area contributed by atoms with Crippen molar-refractivity contribution >= 4 is 23.4 Å². The van der Waals surface area contributed by atoms with E-state index in [0.717, 1.165) is 0 Å². The Hall–Kier alpha value is -2.98. The monoisotopic (exact) mass is 452 g/mol. The quantitative estimate of drug-likeness (QED) is 0.329. The zero-order chi connectivity index (χ0) is 23.2. The lowest BCUT2D eigenvalue weighted by Crippen LogP contribution is -2.24. The van der Waals surface area contributed by atoms with Gasteiger partial charge in [-0.3, -0.25) is 4.79 Å². The van der Waals surface area contributed by atoms with Gasteiger partial charge >= 0.3 is 12.4 Å². The van der Waals surface area contributed by atoms with Crippen LogP contribution in [0.5, 0.6) is 5.75 Å². The number of hydrogen-bond acceptors (Lipinski definition) is 4. The van der Waals surface area contributed by atoms with Crippen LogP contribution in [-0.4, -0.2) is 36.6 Å². The summed E-state index contributed by atoms with van der Waals surface area (Å²) in [6.45, 7) is 4.38. The maximum Gasteiger partial charge on any atom is 0.342 e. The van der Waals surface area contributed by atoms with Gasteiger partial charge in [0.25, 0.3) is 5.78 Å². The van der Waals surface area contributed by atoms with Gasteiger partial charge in [-0.05, 0) is 50.5 Å². The maximum absolute atomic E-state index is 14.1. The lowest BCUT2D eigenvalue weighted by molar-refractivity contribution is -0.123. The Morgan fingerprint density at radius 2 is 1.77 bits per heavy atom. The Morgan fingerprint density at radius 3 is 2.39 bits per heavy atom. The van der Waals surface area contributed by atoms with Crippen molar-refractivity contribution in [3.8, 4) is 28.7 Å². The molecule has 0 saturated carbocycles. The van der Waals surface area contributed by atoms with Crippen molar-refractivity contribution in [1.29, 1.82) is 0 Å². The minimum absolute atomic E-state index is 0.0173. The van der Waals surface area contributed by atoms with Crippen LogP contribution < -0.4 is 4.74 Å². The third-order valence-electron chi connectivity index (χ3n) is 3.69. The first-order valence-corrected chi connectivity index (χ1v) is 9.58. The molecule has 31 heavy (non-hydrogen) atoms. The van der Waals surface area contributed by atoms with Gasteiger partial charge in [0.1, 0.15) is 23.5 Å². The number of hydrogen-bond donors (Lipinski definition) is 0. The van der Waals surface area contributed by atoms with Gasteiger partial charge in [0.2, 0.25) is 0 Å². The van der Waals surface area contributed by atoms with E-state index in [1.807, 2.05) is 0 Å². The highest BCUT2D eigenvalue weighted by molar-refractivity contribution is 6.30. The molecule has 0 aliphatic rings. The lowest BCUT2D eigenvalue weighted by atomic mass is 10.0. The molecular formula is C23H20ClF3O4. The van der Waals surface area contributed by atoms with E-state index in [9.17, 15) is 22.8 Å². The molecule has 1 atom stereocenters. The summed E-state index contributed by atoms with van der Waals surface area (Å²) in [6, 6.07) is 11.4. The van der Waals surface area contributed by atoms with E-state index < -0.39 is 36.6 Å². The molecule has 0 saturated heterocycles. The van der Waals surface area contributed by atoms with Gasteiger partial charge in [0.05, 0.1) is 0 Å². The lowest BCUT2D eigenvalue weighted by Gasteiger charge is -2.22. The molecule has 0 amide bonds. The average Bonchev–Trinajstić information content (AvgIpc) is 2.68. The van der Waals surface area contributed by atoms with Gasteiger partial charge in [-0.25, -0.2) is 18.0 Å². The van der Waals surface area contributed by atoms with E-state index in [1.165, 1.54) is 12.0 Å². The Kier molecular flexibility index (Phi) is 8.12. The fraction of sp³-hybridized carbons (Fsp3) is 0.304. The Bertz CT molecular complexity index is 1020. The minimum atomic E-state index is -3.30. The SMILES string of the molecule is CC(C)(C)OC(=O)c1cccc(-c2cccc(Cl)c2)c1OCC(F)C#CC(=O)C(F)F. The van der Waals surface area contributed by atoms with Crippen LogP contribution in [0.2, 0.25) is 5.02 Å². The topological polar surface area (TPSA) is 52.6 Å². The molecule has 1 unspecified atom stereocenters. The summed E-state index contributed by atoms with van der Waals surface area (Å²) < 4.78 is 49.4.